The summed E-state index contributed by atoms with van der Waals surface area (Å²) >= 11 is 6.17. The van der Waals surface area contributed by atoms with Crippen molar-refractivity contribution in [3.05, 3.63) is 88.4 Å². The predicted molar refractivity (Wildman–Crippen MR) is 122 cm³/mol. The molecule has 0 saturated heterocycles. The lowest BCUT2D eigenvalue weighted by atomic mass is 10.0. The van der Waals surface area contributed by atoms with Crippen molar-refractivity contribution in [2.24, 2.45) is 0 Å². The van der Waals surface area contributed by atoms with Crippen molar-refractivity contribution >= 4 is 17.5 Å². The Kier molecular flexibility index (Phi) is 7.79. The van der Waals surface area contributed by atoms with Gasteiger partial charge in [-0.1, -0.05) is 54.9 Å². The minimum Gasteiger partial charge on any atom is -0.493 e. The number of hydrogen-bond acceptors (Lipinski definition) is 4. The molecule has 162 valence electrons. The molecule has 1 amide bonds. The van der Waals surface area contributed by atoms with Gasteiger partial charge in [0.25, 0.3) is 5.91 Å². The molecule has 5 nitrogen and oxygen atoms in total. The van der Waals surface area contributed by atoms with Gasteiger partial charge in [-0.25, -0.2) is 0 Å². The summed E-state index contributed by atoms with van der Waals surface area (Å²) in [5, 5.41) is 3.55. The molecule has 1 N–H and O–H groups in total. The Morgan fingerprint density at radius 1 is 0.935 bits per heavy atom. The average molecular weight is 440 g/mol. The molecule has 0 aliphatic heterocycles. The number of halogens is 1. The summed E-state index contributed by atoms with van der Waals surface area (Å²) in [7, 11) is 3.18. The number of carbonyl (C=O) groups is 1. The van der Waals surface area contributed by atoms with E-state index in [1.165, 1.54) is 0 Å². The van der Waals surface area contributed by atoms with Gasteiger partial charge in [-0.15, -0.1) is 0 Å². The molecule has 0 spiro atoms. The maximum Gasteiger partial charge on any atom is 0.255 e. The molecule has 0 aromatic heterocycles. The highest BCUT2D eigenvalue weighted by atomic mass is 35.5. The molecule has 0 aliphatic carbocycles. The van der Waals surface area contributed by atoms with Crippen molar-refractivity contribution in [3.63, 3.8) is 0 Å². The maximum absolute atomic E-state index is 13.1. The Labute approximate surface area is 187 Å². The second-order valence-corrected chi connectivity index (χ2v) is 7.40. The van der Waals surface area contributed by atoms with E-state index in [2.05, 4.69) is 5.32 Å². The van der Waals surface area contributed by atoms with Gasteiger partial charge in [-0.2, -0.15) is 0 Å². The van der Waals surface area contributed by atoms with E-state index in [9.17, 15) is 4.79 Å². The Hall–Kier alpha value is -3.18. The summed E-state index contributed by atoms with van der Waals surface area (Å²) < 4.78 is 16.6. The van der Waals surface area contributed by atoms with Crippen LogP contribution >= 0.6 is 11.6 Å². The minimum absolute atomic E-state index is 0.215. The first-order valence-electron chi connectivity index (χ1n) is 10.0. The molecule has 1 unspecified atom stereocenters. The number of benzene rings is 3. The quantitative estimate of drug-likeness (QED) is 0.456. The number of ether oxygens (including phenoxy) is 3. The highest BCUT2D eigenvalue weighted by Crippen LogP contribution is 2.31. The van der Waals surface area contributed by atoms with Crippen LogP contribution in [-0.4, -0.2) is 20.1 Å². The minimum atomic E-state index is -0.257. The Morgan fingerprint density at radius 3 is 2.32 bits per heavy atom. The molecule has 0 aliphatic rings. The molecule has 31 heavy (non-hydrogen) atoms. The zero-order chi connectivity index (χ0) is 22.2. The lowest BCUT2D eigenvalue weighted by molar-refractivity contribution is 0.0931. The third-order valence-corrected chi connectivity index (χ3v) is 5.18. The van der Waals surface area contributed by atoms with Gasteiger partial charge in [0.1, 0.15) is 12.4 Å². The van der Waals surface area contributed by atoms with Crippen LogP contribution in [0.5, 0.6) is 17.2 Å². The number of methoxy groups -OCH3 is 2. The van der Waals surface area contributed by atoms with Gasteiger partial charge in [0.15, 0.2) is 11.5 Å². The van der Waals surface area contributed by atoms with E-state index in [0.717, 1.165) is 11.1 Å². The third-order valence-electron chi connectivity index (χ3n) is 4.95. The molecule has 0 fully saturated rings. The topological polar surface area (TPSA) is 56.8 Å². The van der Waals surface area contributed by atoms with Crippen LogP contribution in [-0.2, 0) is 6.61 Å². The van der Waals surface area contributed by atoms with Crippen molar-refractivity contribution in [1.29, 1.82) is 0 Å². The zero-order valence-electron chi connectivity index (χ0n) is 17.9. The third kappa shape index (κ3) is 5.70. The molecular formula is C25H26ClNO4. The summed E-state index contributed by atoms with van der Waals surface area (Å²) in [5.41, 5.74) is 2.32. The van der Waals surface area contributed by atoms with Crippen LogP contribution in [0, 0.1) is 0 Å². The molecular weight excluding hydrogens is 414 g/mol. The van der Waals surface area contributed by atoms with Gasteiger partial charge in [-0.3, -0.25) is 4.79 Å². The van der Waals surface area contributed by atoms with E-state index >= 15 is 0 Å². The Balaban J connectivity index is 1.80. The van der Waals surface area contributed by atoms with Crippen LogP contribution in [0.4, 0.5) is 0 Å². The first kappa shape index (κ1) is 22.5. The molecule has 6 heteroatoms. The molecule has 3 rings (SSSR count). The van der Waals surface area contributed by atoms with Crippen LogP contribution in [0.2, 0.25) is 5.02 Å². The fraction of sp³-hybridized carbons (Fsp3) is 0.240. The van der Waals surface area contributed by atoms with E-state index in [1.54, 1.807) is 32.4 Å². The smallest absolute Gasteiger partial charge is 0.255 e. The van der Waals surface area contributed by atoms with Gasteiger partial charge in [0.05, 0.1) is 25.8 Å². The number of carbonyl (C=O) groups excluding carboxylic acids is 1. The zero-order valence-corrected chi connectivity index (χ0v) is 18.6. The van der Waals surface area contributed by atoms with Crippen LogP contribution in [0.1, 0.15) is 40.9 Å². The van der Waals surface area contributed by atoms with Crippen molar-refractivity contribution in [1.82, 2.24) is 5.32 Å². The van der Waals surface area contributed by atoms with E-state index in [-0.39, 0.29) is 11.9 Å². The summed E-state index contributed by atoms with van der Waals surface area (Å²) in [4.78, 5) is 13.1. The maximum atomic E-state index is 13.1. The lowest BCUT2D eigenvalue weighted by Crippen LogP contribution is -2.28. The monoisotopic (exact) mass is 439 g/mol. The van der Waals surface area contributed by atoms with Gasteiger partial charge in [0, 0.05) is 5.02 Å². The number of nitrogens with one attached hydrogen (secondary N) is 1. The molecule has 3 aromatic carbocycles. The molecule has 0 bridgehead atoms. The molecule has 0 saturated carbocycles. The SMILES string of the molecule is CCC(NC(=O)c1cc(Cl)ccc1OCc1ccccc1)c1ccc(OC)c(OC)c1. The second-order valence-electron chi connectivity index (χ2n) is 6.96. The number of rotatable bonds is 9. The largest absolute Gasteiger partial charge is 0.493 e. The van der Waals surface area contributed by atoms with Gasteiger partial charge >= 0.3 is 0 Å². The van der Waals surface area contributed by atoms with Crippen LogP contribution in [0.3, 0.4) is 0 Å². The first-order valence-corrected chi connectivity index (χ1v) is 10.4. The Bertz CT molecular complexity index is 1020. The van der Waals surface area contributed by atoms with Crippen molar-refractivity contribution < 1.29 is 19.0 Å². The summed E-state index contributed by atoms with van der Waals surface area (Å²) in [6, 6.07) is 20.2. The van der Waals surface area contributed by atoms with E-state index < -0.39 is 0 Å². The van der Waals surface area contributed by atoms with E-state index in [4.69, 9.17) is 25.8 Å². The fourth-order valence-corrected chi connectivity index (χ4v) is 3.44. The molecule has 3 aromatic rings. The number of hydrogen-bond donors (Lipinski definition) is 1. The standard InChI is InChI=1S/C25H26ClNO4/c1-4-21(18-10-12-23(29-2)24(14-18)30-3)27-25(28)20-15-19(26)11-13-22(20)31-16-17-8-6-5-7-9-17/h5-15,21H,4,16H2,1-3H3,(H,27,28). The Morgan fingerprint density at radius 2 is 1.65 bits per heavy atom. The fourth-order valence-electron chi connectivity index (χ4n) is 3.27. The van der Waals surface area contributed by atoms with Crippen LogP contribution in [0.15, 0.2) is 66.7 Å². The van der Waals surface area contributed by atoms with Crippen molar-refractivity contribution in [2.45, 2.75) is 26.0 Å². The first-order chi connectivity index (χ1) is 15.0. The van der Waals surface area contributed by atoms with E-state index in [0.29, 0.717) is 40.9 Å². The van der Waals surface area contributed by atoms with Gasteiger partial charge < -0.3 is 19.5 Å². The second kappa shape index (κ2) is 10.7. The molecule has 0 radical (unpaired) electrons. The van der Waals surface area contributed by atoms with Crippen LogP contribution < -0.4 is 19.5 Å². The highest BCUT2D eigenvalue weighted by molar-refractivity contribution is 6.31. The summed E-state index contributed by atoms with van der Waals surface area (Å²) in [5.74, 6) is 1.47. The van der Waals surface area contributed by atoms with Gasteiger partial charge in [0.2, 0.25) is 0 Å². The summed E-state index contributed by atoms with van der Waals surface area (Å²) in [6.07, 6.45) is 0.696. The van der Waals surface area contributed by atoms with Crippen molar-refractivity contribution in [3.8, 4) is 17.2 Å². The van der Waals surface area contributed by atoms with Gasteiger partial charge in [-0.05, 0) is 47.9 Å². The average Bonchev–Trinajstić information content (AvgIpc) is 2.81. The van der Waals surface area contributed by atoms with E-state index in [1.807, 2.05) is 55.5 Å². The van der Waals surface area contributed by atoms with Crippen molar-refractivity contribution in [2.75, 3.05) is 14.2 Å². The molecule has 1 atom stereocenters. The normalized spacial score (nSPS) is 11.5. The number of amides is 1. The predicted octanol–water partition coefficient (Wildman–Crippen LogP) is 5.82. The van der Waals surface area contributed by atoms with Crippen LogP contribution in [0.25, 0.3) is 0 Å². The molecule has 0 heterocycles. The summed E-state index contributed by atoms with van der Waals surface area (Å²) in [6.45, 7) is 2.36. The lowest BCUT2D eigenvalue weighted by Gasteiger charge is -2.20. The highest BCUT2D eigenvalue weighted by Gasteiger charge is 2.19.